The summed E-state index contributed by atoms with van der Waals surface area (Å²) in [5.74, 6) is 0.123. The second kappa shape index (κ2) is 3.31. The number of hydrogen-bond acceptors (Lipinski definition) is 2. The fourth-order valence-electron chi connectivity index (χ4n) is 1.69. The molecule has 2 rings (SSSR count). The second-order valence-electron chi connectivity index (χ2n) is 3.49. The number of nitrogens with zero attached hydrogens (tertiary/aromatic N) is 1. The van der Waals surface area contributed by atoms with E-state index in [1.165, 1.54) is 4.68 Å². The third-order valence-corrected chi connectivity index (χ3v) is 2.40. The van der Waals surface area contributed by atoms with Gasteiger partial charge in [0.05, 0.1) is 5.56 Å². The van der Waals surface area contributed by atoms with Crippen LogP contribution in [0, 0.1) is 6.92 Å². The quantitative estimate of drug-likeness (QED) is 0.737. The third kappa shape index (κ3) is 1.44. The minimum absolute atomic E-state index is 0.123. The number of para-hydroxylation sites is 1. The lowest BCUT2D eigenvalue weighted by Crippen LogP contribution is -2.13. The molecule has 0 amide bonds. The summed E-state index contributed by atoms with van der Waals surface area (Å²) in [7, 11) is 1.65. The van der Waals surface area contributed by atoms with E-state index in [4.69, 9.17) is 0 Å². The Hall–Kier alpha value is -1.97. The second-order valence-corrected chi connectivity index (χ2v) is 3.49. The van der Waals surface area contributed by atoms with Crippen LogP contribution < -0.4 is 5.56 Å². The molecule has 4 nitrogen and oxygen atoms in total. The Morgan fingerprint density at radius 2 is 2.00 bits per heavy atom. The maximum absolute atomic E-state index is 11.8. The summed E-state index contributed by atoms with van der Waals surface area (Å²) in [6, 6.07) is 6.82. The zero-order valence-electron chi connectivity index (χ0n) is 8.61. The topological polar surface area (TPSA) is 58.0 Å². The van der Waals surface area contributed by atoms with E-state index in [-0.39, 0.29) is 11.3 Å². The van der Waals surface area contributed by atoms with E-state index in [1.807, 2.05) is 6.92 Å². The first kappa shape index (κ1) is 9.58. The molecular formula is C11H12N2O2. The monoisotopic (exact) mass is 204 g/mol. The minimum Gasteiger partial charge on any atom is -0.507 e. The van der Waals surface area contributed by atoms with Gasteiger partial charge in [0, 0.05) is 18.3 Å². The number of rotatable bonds is 1. The van der Waals surface area contributed by atoms with Crippen LogP contribution in [0.3, 0.4) is 0 Å². The lowest BCUT2D eigenvalue weighted by atomic mass is 10.1. The summed E-state index contributed by atoms with van der Waals surface area (Å²) in [6.07, 6.45) is 0. The molecule has 78 valence electrons. The van der Waals surface area contributed by atoms with Crippen molar-refractivity contribution in [3.8, 4) is 16.9 Å². The Labute approximate surface area is 86.8 Å². The van der Waals surface area contributed by atoms with Gasteiger partial charge in [-0.25, -0.2) is 0 Å². The van der Waals surface area contributed by atoms with Gasteiger partial charge in [-0.3, -0.25) is 14.6 Å². The Bertz CT molecular complexity index is 552. The predicted molar refractivity (Wildman–Crippen MR) is 57.9 cm³/mol. The van der Waals surface area contributed by atoms with E-state index in [1.54, 1.807) is 31.3 Å². The van der Waals surface area contributed by atoms with Gasteiger partial charge in [0.15, 0.2) is 0 Å². The summed E-state index contributed by atoms with van der Waals surface area (Å²) >= 11 is 0. The molecule has 0 spiro atoms. The molecule has 0 aliphatic heterocycles. The van der Waals surface area contributed by atoms with Gasteiger partial charge >= 0.3 is 0 Å². The van der Waals surface area contributed by atoms with Crippen molar-refractivity contribution in [3.63, 3.8) is 0 Å². The molecule has 4 heteroatoms. The molecule has 2 aromatic rings. The Balaban J connectivity index is 2.75. The lowest BCUT2D eigenvalue weighted by Gasteiger charge is -2.00. The molecule has 15 heavy (non-hydrogen) atoms. The highest BCUT2D eigenvalue weighted by Gasteiger charge is 2.13. The Morgan fingerprint density at radius 3 is 2.53 bits per heavy atom. The molecule has 0 atom stereocenters. The first-order valence-electron chi connectivity index (χ1n) is 4.65. The van der Waals surface area contributed by atoms with Crippen molar-refractivity contribution < 1.29 is 5.11 Å². The van der Waals surface area contributed by atoms with Gasteiger partial charge in [-0.15, -0.1) is 0 Å². The van der Waals surface area contributed by atoms with Gasteiger partial charge < -0.3 is 5.11 Å². The first-order chi connectivity index (χ1) is 7.11. The number of nitrogens with one attached hydrogen (secondary N) is 1. The van der Waals surface area contributed by atoms with Crippen LogP contribution in [-0.2, 0) is 7.05 Å². The van der Waals surface area contributed by atoms with Crippen LogP contribution in [0.15, 0.2) is 29.1 Å². The van der Waals surface area contributed by atoms with Gasteiger partial charge in [0.2, 0.25) is 0 Å². The number of aromatic hydroxyl groups is 1. The molecule has 0 unspecified atom stereocenters. The SMILES string of the molecule is Cc1[nH]n(C)c(=O)c1-c1ccccc1O. The van der Waals surface area contributed by atoms with Crippen molar-refractivity contribution in [2.75, 3.05) is 0 Å². The van der Waals surface area contributed by atoms with Gasteiger partial charge in [0.25, 0.3) is 5.56 Å². The fourth-order valence-corrected chi connectivity index (χ4v) is 1.69. The van der Waals surface area contributed by atoms with Crippen LogP contribution in [-0.4, -0.2) is 14.9 Å². The van der Waals surface area contributed by atoms with Crippen molar-refractivity contribution in [1.29, 1.82) is 0 Å². The number of phenols is 1. The molecular weight excluding hydrogens is 192 g/mol. The van der Waals surface area contributed by atoms with Gasteiger partial charge in [-0.1, -0.05) is 18.2 Å². The molecule has 0 aliphatic carbocycles. The van der Waals surface area contributed by atoms with Gasteiger partial charge in [-0.05, 0) is 13.0 Å². The molecule has 0 fully saturated rings. The normalized spacial score (nSPS) is 10.5. The largest absolute Gasteiger partial charge is 0.507 e. The molecule has 2 N–H and O–H groups in total. The zero-order valence-corrected chi connectivity index (χ0v) is 8.61. The summed E-state index contributed by atoms with van der Waals surface area (Å²) in [5.41, 5.74) is 1.71. The molecule has 0 radical (unpaired) electrons. The standard InChI is InChI=1S/C11H12N2O2/c1-7-10(11(15)13(2)12-7)8-5-3-4-6-9(8)14/h3-6,12,14H,1-2H3. The fraction of sp³-hybridized carbons (Fsp3) is 0.182. The minimum atomic E-state index is -0.131. The maximum atomic E-state index is 11.8. The smallest absolute Gasteiger partial charge is 0.274 e. The number of aromatic amines is 1. The zero-order chi connectivity index (χ0) is 11.0. The van der Waals surface area contributed by atoms with E-state index >= 15 is 0 Å². The van der Waals surface area contributed by atoms with Gasteiger partial charge in [0.1, 0.15) is 5.75 Å². The van der Waals surface area contributed by atoms with E-state index in [0.717, 1.165) is 5.69 Å². The van der Waals surface area contributed by atoms with Crippen molar-refractivity contribution in [2.24, 2.45) is 7.05 Å². The summed E-state index contributed by atoms with van der Waals surface area (Å²) < 4.78 is 1.40. The Morgan fingerprint density at radius 1 is 1.33 bits per heavy atom. The third-order valence-electron chi connectivity index (χ3n) is 2.40. The molecule has 1 heterocycles. The molecule has 0 bridgehead atoms. The molecule has 0 saturated carbocycles. The average molecular weight is 204 g/mol. The van der Waals surface area contributed by atoms with Crippen molar-refractivity contribution >= 4 is 0 Å². The van der Waals surface area contributed by atoms with Gasteiger partial charge in [-0.2, -0.15) is 0 Å². The maximum Gasteiger partial charge on any atom is 0.274 e. The number of phenolic OH excluding ortho intramolecular Hbond substituents is 1. The molecule has 0 aliphatic rings. The van der Waals surface area contributed by atoms with Crippen LogP contribution in [0.2, 0.25) is 0 Å². The number of aromatic nitrogens is 2. The lowest BCUT2D eigenvalue weighted by molar-refractivity contribution is 0.477. The Kier molecular flexibility index (Phi) is 2.11. The highest BCUT2D eigenvalue weighted by atomic mass is 16.3. The molecule has 0 saturated heterocycles. The predicted octanol–water partition coefficient (Wildman–Crippen LogP) is 1.39. The number of hydrogen-bond donors (Lipinski definition) is 2. The highest BCUT2D eigenvalue weighted by Crippen LogP contribution is 2.27. The van der Waals surface area contributed by atoms with Crippen LogP contribution in [0.5, 0.6) is 5.75 Å². The van der Waals surface area contributed by atoms with Crippen LogP contribution in [0.1, 0.15) is 5.69 Å². The average Bonchev–Trinajstić information content (AvgIpc) is 2.43. The van der Waals surface area contributed by atoms with Crippen LogP contribution >= 0.6 is 0 Å². The number of H-pyrrole nitrogens is 1. The summed E-state index contributed by atoms with van der Waals surface area (Å²) in [5, 5.41) is 12.6. The van der Waals surface area contributed by atoms with Crippen LogP contribution in [0.4, 0.5) is 0 Å². The highest BCUT2D eigenvalue weighted by molar-refractivity contribution is 5.71. The summed E-state index contributed by atoms with van der Waals surface area (Å²) in [6.45, 7) is 1.81. The van der Waals surface area contributed by atoms with E-state index in [2.05, 4.69) is 5.10 Å². The van der Waals surface area contributed by atoms with Crippen molar-refractivity contribution in [3.05, 3.63) is 40.3 Å². The summed E-state index contributed by atoms with van der Waals surface area (Å²) in [4.78, 5) is 11.8. The van der Waals surface area contributed by atoms with Crippen molar-refractivity contribution in [1.82, 2.24) is 9.78 Å². The van der Waals surface area contributed by atoms with Crippen LogP contribution in [0.25, 0.3) is 11.1 Å². The first-order valence-corrected chi connectivity index (χ1v) is 4.65. The number of aryl methyl sites for hydroxylation is 2. The molecule has 1 aromatic heterocycles. The van der Waals surface area contributed by atoms with E-state index < -0.39 is 0 Å². The van der Waals surface area contributed by atoms with Crippen molar-refractivity contribution in [2.45, 2.75) is 6.92 Å². The number of benzene rings is 1. The van der Waals surface area contributed by atoms with E-state index in [0.29, 0.717) is 11.1 Å². The molecule has 1 aromatic carbocycles. The van der Waals surface area contributed by atoms with E-state index in [9.17, 15) is 9.90 Å².